The van der Waals surface area contributed by atoms with Crippen LogP contribution in [0.2, 0.25) is 0 Å². The Hall–Kier alpha value is -1.48. The Bertz CT molecular complexity index is 451. The molecule has 0 amide bonds. The fraction of sp³-hybridized carbons (Fsp3) is 0.0833. The molecule has 0 aliphatic heterocycles. The zero-order chi connectivity index (χ0) is 10.7. The molecule has 0 saturated carbocycles. The van der Waals surface area contributed by atoms with E-state index >= 15 is 0 Å². The Morgan fingerprint density at radius 2 is 1.80 bits per heavy atom. The summed E-state index contributed by atoms with van der Waals surface area (Å²) < 4.78 is 0. The highest BCUT2D eigenvalue weighted by atomic mass is 32.2. The van der Waals surface area contributed by atoms with Gasteiger partial charge in [0.05, 0.1) is 0 Å². The molecule has 0 saturated heterocycles. The van der Waals surface area contributed by atoms with Crippen LogP contribution < -0.4 is 5.73 Å². The molecule has 76 valence electrons. The summed E-state index contributed by atoms with van der Waals surface area (Å²) in [6, 6.07) is 14.0. The Kier molecular flexibility index (Phi) is 2.92. The maximum absolute atomic E-state index is 5.61. The first-order valence-corrected chi connectivity index (χ1v) is 5.53. The molecule has 0 aliphatic rings. The normalized spacial score (nSPS) is 10.2. The number of nitrogens with two attached hydrogens (primary N) is 1. The summed E-state index contributed by atoms with van der Waals surface area (Å²) >= 11 is 1.62. The van der Waals surface area contributed by atoms with Gasteiger partial charge in [0.25, 0.3) is 0 Å². The van der Waals surface area contributed by atoms with Crippen molar-refractivity contribution in [3.63, 3.8) is 0 Å². The molecule has 2 aromatic rings. The van der Waals surface area contributed by atoms with Crippen LogP contribution in [0.15, 0.2) is 52.4 Å². The van der Waals surface area contributed by atoms with E-state index < -0.39 is 0 Å². The van der Waals surface area contributed by atoms with Gasteiger partial charge < -0.3 is 5.73 Å². The number of hydrogen-bond donors (Lipinski definition) is 1. The first kappa shape index (κ1) is 10.1. The van der Waals surface area contributed by atoms with E-state index in [9.17, 15) is 0 Å². The van der Waals surface area contributed by atoms with Crippen LogP contribution in [0.4, 0.5) is 5.82 Å². The van der Waals surface area contributed by atoms with Gasteiger partial charge >= 0.3 is 0 Å². The van der Waals surface area contributed by atoms with Gasteiger partial charge in [-0.2, -0.15) is 0 Å². The lowest BCUT2D eigenvalue weighted by Gasteiger charge is -2.01. The Labute approximate surface area is 93.5 Å². The number of aryl methyl sites for hydroxylation is 1. The molecule has 0 bridgehead atoms. The van der Waals surface area contributed by atoms with Gasteiger partial charge in [0.1, 0.15) is 10.8 Å². The minimum Gasteiger partial charge on any atom is -0.384 e. The third-order valence-corrected chi connectivity index (χ3v) is 2.93. The van der Waals surface area contributed by atoms with E-state index in [0.29, 0.717) is 5.82 Å². The second-order valence-electron chi connectivity index (χ2n) is 3.32. The summed E-state index contributed by atoms with van der Waals surface area (Å²) in [6.45, 7) is 2.08. The predicted molar refractivity (Wildman–Crippen MR) is 64.0 cm³/mol. The van der Waals surface area contributed by atoms with Crippen LogP contribution in [0, 0.1) is 6.92 Å². The van der Waals surface area contributed by atoms with Gasteiger partial charge in [0.15, 0.2) is 0 Å². The SMILES string of the molecule is Cc1ccc(Sc2cccc(N)n2)cc1. The summed E-state index contributed by atoms with van der Waals surface area (Å²) in [5.74, 6) is 0.562. The lowest BCUT2D eigenvalue weighted by atomic mass is 10.2. The maximum Gasteiger partial charge on any atom is 0.124 e. The van der Waals surface area contributed by atoms with E-state index in [1.54, 1.807) is 17.8 Å². The molecule has 2 N–H and O–H groups in total. The van der Waals surface area contributed by atoms with Crippen molar-refractivity contribution in [1.82, 2.24) is 4.98 Å². The molecule has 0 spiro atoms. The van der Waals surface area contributed by atoms with E-state index in [1.807, 2.05) is 12.1 Å². The van der Waals surface area contributed by atoms with Crippen molar-refractivity contribution in [2.24, 2.45) is 0 Å². The number of hydrogen-bond acceptors (Lipinski definition) is 3. The molecule has 2 rings (SSSR count). The number of nitrogen functional groups attached to an aromatic ring is 1. The molecule has 2 nitrogen and oxygen atoms in total. The lowest BCUT2D eigenvalue weighted by molar-refractivity contribution is 1.14. The van der Waals surface area contributed by atoms with Crippen LogP contribution in [0.5, 0.6) is 0 Å². The second kappa shape index (κ2) is 4.36. The number of nitrogens with zero attached hydrogens (tertiary/aromatic N) is 1. The Morgan fingerprint density at radius 3 is 2.47 bits per heavy atom. The summed E-state index contributed by atoms with van der Waals surface area (Å²) in [5.41, 5.74) is 6.88. The Morgan fingerprint density at radius 1 is 1.07 bits per heavy atom. The van der Waals surface area contributed by atoms with Crippen LogP contribution >= 0.6 is 11.8 Å². The first-order valence-electron chi connectivity index (χ1n) is 4.71. The molecule has 0 unspecified atom stereocenters. The fourth-order valence-electron chi connectivity index (χ4n) is 1.21. The third kappa shape index (κ3) is 2.73. The second-order valence-corrected chi connectivity index (χ2v) is 4.41. The van der Waals surface area contributed by atoms with Gasteiger partial charge in [-0.25, -0.2) is 4.98 Å². The number of aromatic nitrogens is 1. The van der Waals surface area contributed by atoms with Crippen LogP contribution in [0.3, 0.4) is 0 Å². The molecule has 1 aromatic heterocycles. The lowest BCUT2D eigenvalue weighted by Crippen LogP contribution is -1.89. The smallest absolute Gasteiger partial charge is 0.124 e. The molecular weight excluding hydrogens is 204 g/mol. The predicted octanol–water partition coefficient (Wildman–Crippen LogP) is 3.12. The van der Waals surface area contributed by atoms with Gasteiger partial charge in [0, 0.05) is 4.90 Å². The van der Waals surface area contributed by atoms with Crippen molar-refractivity contribution < 1.29 is 0 Å². The Balaban J connectivity index is 2.18. The number of anilines is 1. The van der Waals surface area contributed by atoms with Gasteiger partial charge in [-0.05, 0) is 31.2 Å². The van der Waals surface area contributed by atoms with E-state index in [-0.39, 0.29) is 0 Å². The largest absolute Gasteiger partial charge is 0.384 e. The van der Waals surface area contributed by atoms with E-state index in [0.717, 1.165) is 5.03 Å². The average molecular weight is 216 g/mol. The van der Waals surface area contributed by atoms with Crippen molar-refractivity contribution in [2.45, 2.75) is 16.8 Å². The molecule has 3 heteroatoms. The maximum atomic E-state index is 5.61. The van der Waals surface area contributed by atoms with Gasteiger partial charge in [-0.1, -0.05) is 35.5 Å². The molecule has 0 fully saturated rings. The zero-order valence-electron chi connectivity index (χ0n) is 8.47. The van der Waals surface area contributed by atoms with Crippen molar-refractivity contribution >= 4 is 17.6 Å². The zero-order valence-corrected chi connectivity index (χ0v) is 9.29. The highest BCUT2D eigenvalue weighted by Gasteiger charge is 1.98. The van der Waals surface area contributed by atoms with Crippen molar-refractivity contribution in [2.75, 3.05) is 5.73 Å². The number of rotatable bonds is 2. The van der Waals surface area contributed by atoms with E-state index in [1.165, 1.54) is 10.5 Å². The van der Waals surface area contributed by atoms with Crippen molar-refractivity contribution in [1.29, 1.82) is 0 Å². The minimum absolute atomic E-state index is 0.562. The first-order chi connectivity index (χ1) is 7.24. The fourth-order valence-corrected chi connectivity index (χ4v) is 2.03. The molecule has 1 heterocycles. The van der Waals surface area contributed by atoms with Crippen LogP contribution in [-0.2, 0) is 0 Å². The van der Waals surface area contributed by atoms with Gasteiger partial charge in [0.2, 0.25) is 0 Å². The summed E-state index contributed by atoms with van der Waals surface area (Å²) in [5, 5.41) is 0.929. The minimum atomic E-state index is 0.562. The van der Waals surface area contributed by atoms with Gasteiger partial charge in [-0.15, -0.1) is 0 Å². The molecule has 15 heavy (non-hydrogen) atoms. The van der Waals surface area contributed by atoms with E-state index in [2.05, 4.69) is 36.2 Å². The van der Waals surface area contributed by atoms with Crippen LogP contribution in [-0.4, -0.2) is 4.98 Å². The highest BCUT2D eigenvalue weighted by Crippen LogP contribution is 2.26. The quantitative estimate of drug-likeness (QED) is 0.838. The van der Waals surface area contributed by atoms with Crippen molar-refractivity contribution in [3.05, 3.63) is 48.0 Å². The standard InChI is InChI=1S/C12H12N2S/c1-9-5-7-10(8-6-9)15-12-4-2-3-11(13)14-12/h2-8H,1H3,(H2,13,14). The van der Waals surface area contributed by atoms with Gasteiger partial charge in [-0.3, -0.25) is 0 Å². The number of pyridine rings is 1. The summed E-state index contributed by atoms with van der Waals surface area (Å²) in [7, 11) is 0. The summed E-state index contributed by atoms with van der Waals surface area (Å²) in [4.78, 5) is 5.41. The highest BCUT2D eigenvalue weighted by molar-refractivity contribution is 7.99. The molecule has 0 radical (unpaired) electrons. The molecule has 0 atom stereocenters. The topological polar surface area (TPSA) is 38.9 Å². The third-order valence-electron chi connectivity index (χ3n) is 1.99. The molecular formula is C12H12N2S. The van der Waals surface area contributed by atoms with Crippen LogP contribution in [0.1, 0.15) is 5.56 Å². The van der Waals surface area contributed by atoms with Crippen molar-refractivity contribution in [3.8, 4) is 0 Å². The van der Waals surface area contributed by atoms with Crippen LogP contribution in [0.25, 0.3) is 0 Å². The average Bonchev–Trinajstić information content (AvgIpc) is 2.22. The molecule has 1 aromatic carbocycles. The summed E-state index contributed by atoms with van der Waals surface area (Å²) in [6.07, 6.45) is 0. The monoisotopic (exact) mass is 216 g/mol. The molecule has 0 aliphatic carbocycles. The van der Waals surface area contributed by atoms with E-state index in [4.69, 9.17) is 5.73 Å². The number of benzene rings is 1.